The summed E-state index contributed by atoms with van der Waals surface area (Å²) in [6.45, 7) is 11.6. The molecule has 0 bridgehead atoms. The normalized spacial score (nSPS) is 21.3. The van der Waals surface area contributed by atoms with Crippen LogP contribution >= 0.6 is 11.3 Å². The molecule has 4 nitrogen and oxygen atoms in total. The molecular weight excluding hydrogens is 420 g/mol. The van der Waals surface area contributed by atoms with Gasteiger partial charge in [0, 0.05) is 11.6 Å². The first-order valence-corrected chi connectivity index (χ1v) is 13.6. The number of benzene rings is 2. The maximum Gasteiger partial charge on any atom is 0.261 e. The Morgan fingerprint density at radius 3 is 2.10 bits per heavy atom. The molecule has 6 heteroatoms. The zero-order valence-corrected chi connectivity index (χ0v) is 20.8. The van der Waals surface area contributed by atoms with Crippen LogP contribution in [0.1, 0.15) is 45.7 Å². The van der Waals surface area contributed by atoms with Gasteiger partial charge in [-0.1, -0.05) is 81.4 Å². The number of hydrogen-bond acceptors (Lipinski definition) is 5. The first kappa shape index (κ1) is 22.4. The Bertz CT molecular complexity index is 932. The zero-order valence-electron chi connectivity index (χ0n) is 19.0. The average Bonchev–Trinajstić information content (AvgIpc) is 3.36. The van der Waals surface area contributed by atoms with Crippen LogP contribution in [-0.4, -0.2) is 31.7 Å². The van der Waals surface area contributed by atoms with Gasteiger partial charge in [-0.15, -0.1) is 11.3 Å². The number of hydrogen-bond donors (Lipinski definition) is 1. The second-order valence-corrected chi connectivity index (χ2v) is 14.9. The first-order valence-electron chi connectivity index (χ1n) is 10.8. The molecule has 0 amide bonds. The fourth-order valence-electron chi connectivity index (χ4n) is 4.66. The molecule has 1 aliphatic heterocycles. The van der Waals surface area contributed by atoms with Gasteiger partial charge >= 0.3 is 0 Å². The van der Waals surface area contributed by atoms with E-state index in [4.69, 9.17) is 9.16 Å². The predicted molar refractivity (Wildman–Crippen MR) is 131 cm³/mol. The molecule has 4 rings (SSSR count). The summed E-state index contributed by atoms with van der Waals surface area (Å²) in [4.78, 5) is 4.53. The van der Waals surface area contributed by atoms with Crippen LogP contribution in [0.4, 0.5) is 0 Å². The summed E-state index contributed by atoms with van der Waals surface area (Å²) in [5, 5.41) is 9.16. The summed E-state index contributed by atoms with van der Waals surface area (Å²) >= 11 is 1.64. The van der Waals surface area contributed by atoms with E-state index in [1.54, 1.807) is 11.3 Å². The van der Waals surface area contributed by atoms with Gasteiger partial charge in [0.2, 0.25) is 0 Å². The highest BCUT2D eigenvalue weighted by molar-refractivity contribution is 7.09. The number of ether oxygens (including phenoxy) is 1. The molecule has 1 saturated heterocycles. The minimum absolute atomic E-state index is 0.0304. The Kier molecular flexibility index (Phi) is 6.20. The molecule has 3 aromatic rings. The van der Waals surface area contributed by atoms with Gasteiger partial charge in [0.05, 0.1) is 12.6 Å². The van der Waals surface area contributed by atoms with E-state index in [1.807, 2.05) is 11.6 Å². The quantitative estimate of drug-likeness (QED) is 0.560. The van der Waals surface area contributed by atoms with Crippen molar-refractivity contribution < 1.29 is 9.16 Å². The van der Waals surface area contributed by atoms with Gasteiger partial charge in [-0.3, -0.25) is 5.32 Å². The topological polar surface area (TPSA) is 43.4 Å². The summed E-state index contributed by atoms with van der Waals surface area (Å²) in [5.74, 6) is 0. The fraction of sp³-hybridized carbons (Fsp3) is 0.400. The molecule has 0 unspecified atom stereocenters. The molecule has 1 aromatic heterocycles. The molecular formula is C25H32N2O2SSi. The van der Waals surface area contributed by atoms with Crippen molar-refractivity contribution in [2.24, 2.45) is 0 Å². The number of rotatable bonds is 6. The van der Waals surface area contributed by atoms with Gasteiger partial charge in [0.25, 0.3) is 8.32 Å². The minimum Gasteiger partial charge on any atom is -0.406 e. The monoisotopic (exact) mass is 452 g/mol. The van der Waals surface area contributed by atoms with E-state index >= 15 is 0 Å². The van der Waals surface area contributed by atoms with Crippen LogP contribution in [0, 0.1) is 0 Å². The smallest absolute Gasteiger partial charge is 0.261 e. The van der Waals surface area contributed by atoms with E-state index in [0.29, 0.717) is 6.61 Å². The standard InChI is InChI=1S/C25H32N2O2SSi/c1-24(2,3)31(19-12-8-6-9-13-19,20-14-10-7-11-15-20)28-18-21-22(23-26-16-17-30-23)29-25(4,5)27-21/h6-17,21-22,27H,18H2,1-5H3/t21-,22-/m0/s1. The Morgan fingerprint density at radius 2 is 1.61 bits per heavy atom. The SMILES string of the molecule is CC1(C)N[C@@H](CO[Si](c2ccccc2)(c2ccccc2)C(C)(C)C)[C@@H](c2nccs2)O1. The van der Waals surface area contributed by atoms with Crippen molar-refractivity contribution in [1.82, 2.24) is 10.3 Å². The molecule has 1 N–H and O–H groups in total. The molecule has 0 spiro atoms. The largest absolute Gasteiger partial charge is 0.406 e. The zero-order chi connectivity index (χ0) is 22.1. The van der Waals surface area contributed by atoms with Crippen molar-refractivity contribution in [3.8, 4) is 0 Å². The van der Waals surface area contributed by atoms with Gasteiger partial charge in [-0.2, -0.15) is 0 Å². The van der Waals surface area contributed by atoms with E-state index in [2.05, 4.69) is 106 Å². The molecule has 0 aliphatic carbocycles. The van der Waals surface area contributed by atoms with Crippen LogP contribution in [0.3, 0.4) is 0 Å². The number of nitrogens with one attached hydrogen (secondary N) is 1. The molecule has 2 heterocycles. The van der Waals surface area contributed by atoms with Crippen LogP contribution in [0.2, 0.25) is 5.04 Å². The van der Waals surface area contributed by atoms with Crippen molar-refractivity contribution >= 4 is 30.0 Å². The maximum atomic E-state index is 7.15. The lowest BCUT2D eigenvalue weighted by molar-refractivity contribution is -0.0273. The summed E-state index contributed by atoms with van der Waals surface area (Å²) < 4.78 is 13.5. The molecule has 31 heavy (non-hydrogen) atoms. The summed E-state index contributed by atoms with van der Waals surface area (Å²) in [6, 6.07) is 21.6. The van der Waals surface area contributed by atoms with Crippen molar-refractivity contribution in [1.29, 1.82) is 0 Å². The van der Waals surface area contributed by atoms with Gasteiger partial charge in [-0.25, -0.2) is 4.98 Å². The summed E-state index contributed by atoms with van der Waals surface area (Å²) in [6.07, 6.45) is 1.72. The number of thiazole rings is 1. The maximum absolute atomic E-state index is 7.15. The van der Waals surface area contributed by atoms with Crippen LogP contribution < -0.4 is 15.7 Å². The molecule has 0 radical (unpaired) electrons. The highest BCUT2D eigenvalue weighted by atomic mass is 32.1. The van der Waals surface area contributed by atoms with Crippen molar-refractivity contribution in [2.75, 3.05) is 6.61 Å². The van der Waals surface area contributed by atoms with Crippen LogP contribution in [0.5, 0.6) is 0 Å². The molecule has 1 fully saturated rings. The second-order valence-electron chi connectivity index (χ2n) is 9.64. The highest BCUT2D eigenvalue weighted by Crippen LogP contribution is 2.39. The van der Waals surface area contributed by atoms with Gasteiger partial charge in [0.1, 0.15) is 16.8 Å². The Labute approximate surface area is 190 Å². The third-order valence-electron chi connectivity index (χ3n) is 5.91. The van der Waals surface area contributed by atoms with Gasteiger partial charge in [-0.05, 0) is 29.3 Å². The molecule has 0 saturated carbocycles. The van der Waals surface area contributed by atoms with E-state index < -0.39 is 14.0 Å². The van der Waals surface area contributed by atoms with Crippen LogP contribution in [-0.2, 0) is 9.16 Å². The Morgan fingerprint density at radius 1 is 1.03 bits per heavy atom. The number of aromatic nitrogens is 1. The van der Waals surface area contributed by atoms with E-state index in [-0.39, 0.29) is 17.2 Å². The van der Waals surface area contributed by atoms with Crippen molar-refractivity contribution in [3.05, 3.63) is 77.2 Å². The summed E-state index contributed by atoms with van der Waals surface area (Å²) in [7, 11) is -2.59. The minimum atomic E-state index is -2.59. The first-order chi connectivity index (χ1) is 14.7. The summed E-state index contributed by atoms with van der Waals surface area (Å²) in [5.41, 5.74) is -0.421. The molecule has 1 aliphatic rings. The fourth-order valence-corrected chi connectivity index (χ4v) is 9.97. The van der Waals surface area contributed by atoms with Crippen LogP contribution in [0.15, 0.2) is 72.2 Å². The van der Waals surface area contributed by atoms with E-state index in [0.717, 1.165) is 5.01 Å². The van der Waals surface area contributed by atoms with Gasteiger partial charge < -0.3 is 9.16 Å². The lowest BCUT2D eigenvalue weighted by Gasteiger charge is -2.43. The van der Waals surface area contributed by atoms with E-state index in [1.165, 1.54) is 10.4 Å². The second kappa shape index (κ2) is 8.60. The predicted octanol–water partition coefficient (Wildman–Crippen LogP) is 4.49. The van der Waals surface area contributed by atoms with Crippen molar-refractivity contribution in [3.63, 3.8) is 0 Å². The van der Waals surface area contributed by atoms with Crippen molar-refractivity contribution in [2.45, 2.75) is 57.5 Å². The van der Waals surface area contributed by atoms with Gasteiger partial charge in [0.15, 0.2) is 0 Å². The van der Waals surface area contributed by atoms with Crippen LogP contribution in [0.25, 0.3) is 0 Å². The lowest BCUT2D eigenvalue weighted by atomic mass is 10.2. The Balaban J connectivity index is 1.73. The molecule has 164 valence electrons. The average molecular weight is 453 g/mol. The molecule has 2 atom stereocenters. The molecule has 2 aromatic carbocycles. The number of nitrogens with zero attached hydrogens (tertiary/aromatic N) is 1. The van der Waals surface area contributed by atoms with E-state index in [9.17, 15) is 0 Å². The highest BCUT2D eigenvalue weighted by Gasteiger charge is 2.51. The Hall–Kier alpha value is -1.83. The third-order valence-corrected chi connectivity index (χ3v) is 11.8. The lowest BCUT2D eigenvalue weighted by Crippen LogP contribution is -2.67. The third kappa shape index (κ3) is 4.41.